The summed E-state index contributed by atoms with van der Waals surface area (Å²) in [6, 6.07) is 40.6. The third kappa shape index (κ3) is 12.1. The maximum absolute atomic E-state index is 11.9. The van der Waals surface area contributed by atoms with Gasteiger partial charge in [-0.2, -0.15) is 0 Å². The van der Waals surface area contributed by atoms with E-state index in [0.29, 0.717) is 54.7 Å². The van der Waals surface area contributed by atoms with Gasteiger partial charge in [-0.1, -0.05) is 91.0 Å². The highest BCUT2D eigenvalue weighted by Crippen LogP contribution is 2.32. The van der Waals surface area contributed by atoms with Gasteiger partial charge < -0.3 is 34.5 Å². The Morgan fingerprint density at radius 2 is 1.13 bits per heavy atom. The molecule has 0 amide bonds. The molecule has 5 aromatic rings. The van der Waals surface area contributed by atoms with Gasteiger partial charge in [0.05, 0.1) is 25.0 Å². The Morgan fingerprint density at radius 1 is 0.630 bits per heavy atom. The second-order valence-corrected chi connectivity index (χ2v) is 12.6. The zero-order valence-electron chi connectivity index (χ0n) is 30.8. The van der Waals surface area contributed by atoms with Gasteiger partial charge in [-0.3, -0.25) is 4.90 Å². The van der Waals surface area contributed by atoms with Crippen molar-refractivity contribution < 1.29 is 38.4 Å². The molecule has 0 saturated heterocycles. The average molecular weight is 733 g/mol. The Kier molecular flexibility index (Phi) is 14.9. The van der Waals surface area contributed by atoms with Crippen molar-refractivity contribution in [3.05, 3.63) is 155 Å². The summed E-state index contributed by atoms with van der Waals surface area (Å²) in [5.74, 6) is 0.613. The molecule has 10 heteroatoms. The van der Waals surface area contributed by atoms with Gasteiger partial charge in [-0.25, -0.2) is 9.59 Å². The molecular formula is C44H48N2O8. The molecule has 0 fully saturated rings. The van der Waals surface area contributed by atoms with E-state index in [-0.39, 0.29) is 32.3 Å². The molecule has 5 rings (SSSR count). The molecule has 0 aromatic heterocycles. The van der Waals surface area contributed by atoms with Crippen LogP contribution in [0.1, 0.15) is 53.7 Å². The molecule has 282 valence electrons. The number of aliphatic hydroxyl groups is 1. The largest absolute Gasteiger partial charge is 0.487 e. The van der Waals surface area contributed by atoms with Crippen LogP contribution in [0.5, 0.6) is 17.2 Å². The summed E-state index contributed by atoms with van der Waals surface area (Å²) in [5.41, 5.74) is 11.7. The molecule has 0 aliphatic carbocycles. The molecule has 54 heavy (non-hydrogen) atoms. The molecule has 1 atom stereocenters. The first kappa shape index (κ1) is 39.4. The highest BCUT2D eigenvalue weighted by Gasteiger charge is 2.23. The topological polar surface area (TPSA) is 130 Å². The van der Waals surface area contributed by atoms with Crippen LogP contribution in [0.3, 0.4) is 0 Å². The van der Waals surface area contributed by atoms with Crippen LogP contribution in [0.2, 0.25) is 0 Å². The monoisotopic (exact) mass is 732 g/mol. The van der Waals surface area contributed by atoms with Gasteiger partial charge in [-0.15, -0.1) is 0 Å². The van der Waals surface area contributed by atoms with E-state index in [1.165, 1.54) is 0 Å². The van der Waals surface area contributed by atoms with E-state index in [4.69, 9.17) is 29.4 Å². The van der Waals surface area contributed by atoms with Gasteiger partial charge in [-0.05, 0) is 78.1 Å². The van der Waals surface area contributed by atoms with Crippen molar-refractivity contribution in [2.75, 3.05) is 45.3 Å². The normalized spacial score (nSPS) is 11.6. The predicted octanol–water partition coefficient (Wildman–Crippen LogP) is 7.10. The summed E-state index contributed by atoms with van der Waals surface area (Å²) >= 11 is 0. The lowest BCUT2D eigenvalue weighted by Crippen LogP contribution is -2.33. The van der Waals surface area contributed by atoms with Crippen molar-refractivity contribution in [3.8, 4) is 17.2 Å². The number of benzene rings is 5. The van der Waals surface area contributed by atoms with E-state index in [1.54, 1.807) is 26.0 Å². The van der Waals surface area contributed by atoms with Crippen LogP contribution in [0.25, 0.3) is 0 Å². The van der Waals surface area contributed by atoms with E-state index in [9.17, 15) is 14.7 Å². The maximum Gasteiger partial charge on any atom is 0.344 e. The number of anilines is 1. The number of rotatable bonds is 20. The summed E-state index contributed by atoms with van der Waals surface area (Å²) in [6.45, 7) is 5.51. The van der Waals surface area contributed by atoms with Gasteiger partial charge in [0.1, 0.15) is 23.9 Å². The number of carbonyl (C=O) groups excluding carboxylic acids is 2. The first-order valence-electron chi connectivity index (χ1n) is 18.1. The van der Waals surface area contributed by atoms with E-state index < -0.39 is 18.0 Å². The zero-order chi connectivity index (χ0) is 38.1. The molecule has 0 saturated carbocycles. The summed E-state index contributed by atoms with van der Waals surface area (Å²) in [6.07, 6.45) is -0.850. The second-order valence-electron chi connectivity index (χ2n) is 12.6. The predicted molar refractivity (Wildman–Crippen MR) is 207 cm³/mol. The lowest BCUT2D eigenvalue weighted by Gasteiger charge is -2.30. The molecule has 3 N–H and O–H groups in total. The summed E-state index contributed by atoms with van der Waals surface area (Å²) in [7, 11) is 0. The Bertz CT molecular complexity index is 1820. The SMILES string of the molecule is CCOC(=O)COc1ccc(C(CN(Cc2ccccc2)CC(O)c2ccc(OCc3ccccc3)c(N)c2)c2ccc(OCC(=O)OCC)cc2)cc1. The van der Waals surface area contributed by atoms with Crippen LogP contribution in [0.15, 0.2) is 127 Å². The van der Waals surface area contributed by atoms with Gasteiger partial charge in [0.25, 0.3) is 0 Å². The summed E-state index contributed by atoms with van der Waals surface area (Å²) in [5, 5.41) is 11.7. The van der Waals surface area contributed by atoms with Crippen LogP contribution in [-0.2, 0) is 32.2 Å². The maximum atomic E-state index is 11.9. The number of nitrogens with zero attached hydrogens (tertiary/aromatic N) is 1. The fourth-order valence-electron chi connectivity index (χ4n) is 5.98. The molecule has 0 spiro atoms. The first-order valence-corrected chi connectivity index (χ1v) is 18.1. The van der Waals surface area contributed by atoms with Gasteiger partial charge in [0, 0.05) is 25.6 Å². The minimum absolute atomic E-state index is 0.155. The highest BCUT2D eigenvalue weighted by atomic mass is 16.6. The second kappa shape index (κ2) is 20.4. The number of ether oxygens (including phenoxy) is 5. The van der Waals surface area contributed by atoms with Crippen molar-refractivity contribution in [1.29, 1.82) is 0 Å². The fraction of sp³-hybridized carbons (Fsp3) is 0.273. The average Bonchev–Trinajstić information content (AvgIpc) is 3.19. The van der Waals surface area contributed by atoms with Gasteiger partial charge >= 0.3 is 11.9 Å². The molecule has 0 bridgehead atoms. The van der Waals surface area contributed by atoms with Crippen molar-refractivity contribution in [2.45, 2.75) is 39.0 Å². The molecule has 5 aromatic carbocycles. The van der Waals surface area contributed by atoms with Crippen LogP contribution < -0.4 is 19.9 Å². The minimum atomic E-state index is -0.850. The van der Waals surface area contributed by atoms with Gasteiger partial charge in [0.15, 0.2) is 13.2 Å². The van der Waals surface area contributed by atoms with Crippen molar-refractivity contribution in [2.24, 2.45) is 0 Å². The highest BCUT2D eigenvalue weighted by molar-refractivity contribution is 5.71. The minimum Gasteiger partial charge on any atom is -0.487 e. The molecule has 10 nitrogen and oxygen atoms in total. The molecular weight excluding hydrogens is 684 g/mol. The number of carbonyl (C=O) groups is 2. The van der Waals surface area contributed by atoms with Crippen molar-refractivity contribution in [3.63, 3.8) is 0 Å². The number of nitrogen functional groups attached to an aromatic ring is 1. The van der Waals surface area contributed by atoms with Gasteiger partial charge in [0.2, 0.25) is 0 Å². The van der Waals surface area contributed by atoms with Crippen molar-refractivity contribution in [1.82, 2.24) is 4.90 Å². The van der Waals surface area contributed by atoms with E-state index in [1.807, 2.05) is 103 Å². The number of hydrogen-bond donors (Lipinski definition) is 2. The molecule has 0 heterocycles. The Hall–Kier alpha value is -5.84. The van der Waals surface area contributed by atoms with Crippen LogP contribution in [0.4, 0.5) is 5.69 Å². The van der Waals surface area contributed by atoms with Crippen LogP contribution in [-0.4, -0.2) is 61.5 Å². The fourth-order valence-corrected chi connectivity index (χ4v) is 5.98. The van der Waals surface area contributed by atoms with Crippen LogP contribution >= 0.6 is 0 Å². The van der Waals surface area contributed by atoms with E-state index in [0.717, 1.165) is 22.3 Å². The lowest BCUT2D eigenvalue weighted by atomic mass is 9.90. The Balaban J connectivity index is 1.38. The number of hydrogen-bond acceptors (Lipinski definition) is 10. The standard InChI is InChI=1S/C44H48N2O8/c1-3-50-43(48)30-52-37-20-15-34(16-21-37)39(35-17-22-38(23-18-35)53-31-44(49)51-4-2)27-46(26-32-11-7-5-8-12-32)28-41(47)36-19-24-42(40(45)25-36)54-29-33-13-9-6-10-14-33/h5-25,39,41,47H,3-4,26-31,45H2,1-2H3. The molecule has 0 aliphatic heterocycles. The number of nitrogens with two attached hydrogens (primary N) is 1. The molecule has 0 radical (unpaired) electrons. The Morgan fingerprint density at radius 3 is 1.63 bits per heavy atom. The third-order valence-corrected chi connectivity index (χ3v) is 8.67. The zero-order valence-corrected chi connectivity index (χ0v) is 30.8. The molecule has 1 unspecified atom stereocenters. The first-order chi connectivity index (χ1) is 26.3. The number of esters is 2. The third-order valence-electron chi connectivity index (χ3n) is 8.67. The summed E-state index contributed by atoms with van der Waals surface area (Å²) < 4.78 is 27.3. The quantitative estimate of drug-likeness (QED) is 0.0632. The molecule has 0 aliphatic rings. The lowest BCUT2D eigenvalue weighted by molar-refractivity contribution is -0.146. The van der Waals surface area contributed by atoms with E-state index >= 15 is 0 Å². The number of aliphatic hydroxyl groups excluding tert-OH is 1. The summed E-state index contributed by atoms with van der Waals surface area (Å²) in [4.78, 5) is 26.0. The smallest absolute Gasteiger partial charge is 0.344 e. The van der Waals surface area contributed by atoms with Crippen molar-refractivity contribution >= 4 is 17.6 Å². The van der Waals surface area contributed by atoms with Crippen LogP contribution in [0, 0.1) is 0 Å². The van der Waals surface area contributed by atoms with E-state index in [2.05, 4.69) is 17.0 Å². The Labute approximate surface area is 317 Å².